The molecule has 0 atom stereocenters. The van der Waals surface area contributed by atoms with Crippen molar-refractivity contribution in [1.82, 2.24) is 20.0 Å². The quantitative estimate of drug-likeness (QED) is 0.771. The third-order valence-corrected chi connectivity index (χ3v) is 4.59. The zero-order valence-corrected chi connectivity index (χ0v) is 13.1. The van der Waals surface area contributed by atoms with Crippen molar-refractivity contribution >= 4 is 11.3 Å². The van der Waals surface area contributed by atoms with Crippen LogP contribution < -0.4 is 0 Å². The number of hydrogen-bond donors (Lipinski definition) is 2. The van der Waals surface area contributed by atoms with E-state index in [1.165, 1.54) is 0 Å². The summed E-state index contributed by atoms with van der Waals surface area (Å²) in [5.74, 6) is 0.0934. The number of aliphatic hydroxyl groups is 1. The number of aromatic nitrogens is 4. The van der Waals surface area contributed by atoms with E-state index in [0.29, 0.717) is 23.4 Å². The van der Waals surface area contributed by atoms with E-state index in [0.717, 1.165) is 16.1 Å². The Morgan fingerprint density at radius 2 is 2.14 bits per heavy atom. The second kappa shape index (κ2) is 5.86. The highest BCUT2D eigenvalue weighted by Gasteiger charge is 2.14. The lowest BCUT2D eigenvalue weighted by Crippen LogP contribution is -2.06. The fraction of sp³-hybridized carbons (Fsp3) is 0.267. The number of nitrogens with zero attached hydrogens (tertiary/aromatic N) is 4. The SMILES string of the molecule is Cc1ccsc1-c1cn(Cc2c(CO)cnc(C)c2O)nn1. The van der Waals surface area contributed by atoms with Gasteiger partial charge in [0.2, 0.25) is 0 Å². The Bertz CT molecular complexity index is 810. The highest BCUT2D eigenvalue weighted by atomic mass is 32.1. The summed E-state index contributed by atoms with van der Waals surface area (Å²) in [4.78, 5) is 5.14. The second-order valence-corrected chi connectivity index (χ2v) is 6.00. The molecule has 0 bridgehead atoms. The number of aliphatic hydroxyl groups excluding tert-OH is 1. The van der Waals surface area contributed by atoms with Gasteiger partial charge in [-0.05, 0) is 30.9 Å². The Kier molecular flexibility index (Phi) is 3.91. The molecule has 0 aliphatic carbocycles. The molecule has 6 nitrogen and oxygen atoms in total. The maximum absolute atomic E-state index is 10.2. The van der Waals surface area contributed by atoms with Crippen molar-refractivity contribution in [2.45, 2.75) is 27.0 Å². The zero-order valence-electron chi connectivity index (χ0n) is 12.3. The zero-order chi connectivity index (χ0) is 15.7. The van der Waals surface area contributed by atoms with E-state index in [-0.39, 0.29) is 12.4 Å². The van der Waals surface area contributed by atoms with Gasteiger partial charge in [0.05, 0.1) is 29.9 Å². The minimum absolute atomic E-state index is 0.0934. The fourth-order valence-corrected chi connectivity index (χ4v) is 3.15. The summed E-state index contributed by atoms with van der Waals surface area (Å²) in [7, 11) is 0. The van der Waals surface area contributed by atoms with Crippen LogP contribution in [0.5, 0.6) is 5.75 Å². The van der Waals surface area contributed by atoms with Gasteiger partial charge >= 0.3 is 0 Å². The number of hydrogen-bond acceptors (Lipinski definition) is 6. The lowest BCUT2D eigenvalue weighted by atomic mass is 10.1. The molecular formula is C15H16N4O2S. The standard InChI is InChI=1S/C15H16N4O2S/c1-9-3-4-22-15(9)13-7-19(18-17-13)6-12-11(8-20)5-16-10(2)14(12)21/h3-5,7,20-21H,6,8H2,1-2H3. The monoisotopic (exact) mass is 316 g/mol. The van der Waals surface area contributed by atoms with Crippen LogP contribution in [0.3, 0.4) is 0 Å². The fourth-order valence-electron chi connectivity index (χ4n) is 2.27. The van der Waals surface area contributed by atoms with Crippen LogP contribution in [0.15, 0.2) is 23.8 Å². The number of aromatic hydroxyl groups is 1. The first-order valence-electron chi connectivity index (χ1n) is 6.82. The summed E-state index contributed by atoms with van der Waals surface area (Å²) < 4.78 is 1.65. The van der Waals surface area contributed by atoms with Gasteiger partial charge in [0, 0.05) is 17.3 Å². The van der Waals surface area contributed by atoms with Gasteiger partial charge in [-0.25, -0.2) is 4.68 Å². The van der Waals surface area contributed by atoms with E-state index in [2.05, 4.69) is 15.3 Å². The largest absolute Gasteiger partial charge is 0.506 e. The Balaban J connectivity index is 1.94. The molecule has 0 saturated heterocycles. The molecule has 2 N–H and O–H groups in total. The van der Waals surface area contributed by atoms with Crippen LogP contribution in [0.25, 0.3) is 10.6 Å². The highest BCUT2D eigenvalue weighted by Crippen LogP contribution is 2.28. The maximum atomic E-state index is 10.2. The molecular weight excluding hydrogens is 300 g/mol. The van der Waals surface area contributed by atoms with Crippen molar-refractivity contribution < 1.29 is 10.2 Å². The summed E-state index contributed by atoms with van der Waals surface area (Å²) >= 11 is 1.62. The number of rotatable bonds is 4. The first-order valence-corrected chi connectivity index (χ1v) is 7.70. The van der Waals surface area contributed by atoms with Crippen molar-refractivity contribution in [3.8, 4) is 16.3 Å². The Morgan fingerprint density at radius 3 is 2.82 bits per heavy atom. The first kappa shape index (κ1) is 14.7. The van der Waals surface area contributed by atoms with Crippen LogP contribution >= 0.6 is 11.3 Å². The molecule has 0 amide bonds. The topological polar surface area (TPSA) is 84.1 Å². The van der Waals surface area contributed by atoms with Crippen molar-refractivity contribution in [3.05, 3.63) is 46.2 Å². The van der Waals surface area contributed by atoms with Gasteiger partial charge in [-0.15, -0.1) is 16.4 Å². The molecule has 0 aliphatic rings. The van der Waals surface area contributed by atoms with E-state index in [4.69, 9.17) is 0 Å². The minimum Gasteiger partial charge on any atom is -0.506 e. The molecule has 3 aromatic rings. The summed E-state index contributed by atoms with van der Waals surface area (Å²) in [5.41, 5.74) is 3.71. The van der Waals surface area contributed by atoms with Crippen LogP contribution in [-0.4, -0.2) is 30.2 Å². The molecule has 7 heteroatoms. The molecule has 0 unspecified atom stereocenters. The Labute approximate surface area is 131 Å². The molecule has 0 fully saturated rings. The highest BCUT2D eigenvalue weighted by molar-refractivity contribution is 7.13. The van der Waals surface area contributed by atoms with E-state index >= 15 is 0 Å². The van der Waals surface area contributed by atoms with Crippen molar-refractivity contribution in [1.29, 1.82) is 0 Å². The summed E-state index contributed by atoms with van der Waals surface area (Å²) in [6, 6.07) is 2.04. The van der Waals surface area contributed by atoms with Gasteiger partial charge in [-0.1, -0.05) is 5.21 Å². The van der Waals surface area contributed by atoms with Crippen molar-refractivity contribution in [2.75, 3.05) is 0 Å². The van der Waals surface area contributed by atoms with E-state index < -0.39 is 0 Å². The van der Waals surface area contributed by atoms with Gasteiger partial charge in [0.1, 0.15) is 11.4 Å². The van der Waals surface area contributed by atoms with Crippen LogP contribution in [0.4, 0.5) is 0 Å². The van der Waals surface area contributed by atoms with E-state index in [1.54, 1.807) is 29.1 Å². The van der Waals surface area contributed by atoms with E-state index in [9.17, 15) is 10.2 Å². The average Bonchev–Trinajstić information content (AvgIpc) is 3.13. The molecule has 0 aliphatic heterocycles. The first-order chi connectivity index (χ1) is 10.6. The van der Waals surface area contributed by atoms with Gasteiger partial charge < -0.3 is 10.2 Å². The number of pyridine rings is 1. The van der Waals surface area contributed by atoms with Crippen LogP contribution in [-0.2, 0) is 13.2 Å². The molecule has 3 heterocycles. The molecule has 3 aromatic heterocycles. The predicted octanol–water partition coefficient (Wildman–Crippen LogP) is 2.26. The summed E-state index contributed by atoms with van der Waals surface area (Å²) in [5, 5.41) is 29.9. The lowest BCUT2D eigenvalue weighted by Gasteiger charge is -2.10. The Hall–Kier alpha value is -2.25. The van der Waals surface area contributed by atoms with Crippen molar-refractivity contribution in [2.24, 2.45) is 0 Å². The summed E-state index contributed by atoms with van der Waals surface area (Å²) in [6.07, 6.45) is 3.42. The smallest absolute Gasteiger partial charge is 0.142 e. The number of aryl methyl sites for hydroxylation is 2. The molecule has 3 rings (SSSR count). The van der Waals surface area contributed by atoms with Gasteiger partial charge in [0.25, 0.3) is 0 Å². The van der Waals surface area contributed by atoms with Gasteiger partial charge in [0.15, 0.2) is 0 Å². The maximum Gasteiger partial charge on any atom is 0.142 e. The number of thiophene rings is 1. The summed E-state index contributed by atoms with van der Waals surface area (Å²) in [6.45, 7) is 3.92. The van der Waals surface area contributed by atoms with Crippen LogP contribution in [0.2, 0.25) is 0 Å². The predicted molar refractivity (Wildman–Crippen MR) is 83.7 cm³/mol. The van der Waals surface area contributed by atoms with Crippen LogP contribution in [0.1, 0.15) is 22.4 Å². The normalized spacial score (nSPS) is 11.0. The average molecular weight is 316 g/mol. The van der Waals surface area contributed by atoms with Gasteiger partial charge in [-0.3, -0.25) is 4.98 Å². The Morgan fingerprint density at radius 1 is 1.32 bits per heavy atom. The molecule has 0 spiro atoms. The molecule has 22 heavy (non-hydrogen) atoms. The van der Waals surface area contributed by atoms with Gasteiger partial charge in [-0.2, -0.15) is 0 Å². The van der Waals surface area contributed by atoms with E-state index in [1.807, 2.05) is 24.6 Å². The molecule has 114 valence electrons. The molecule has 0 saturated carbocycles. The molecule has 0 aromatic carbocycles. The minimum atomic E-state index is -0.179. The third-order valence-electron chi connectivity index (χ3n) is 3.55. The second-order valence-electron chi connectivity index (χ2n) is 5.09. The van der Waals surface area contributed by atoms with Crippen molar-refractivity contribution in [3.63, 3.8) is 0 Å². The van der Waals surface area contributed by atoms with Crippen LogP contribution in [0, 0.1) is 13.8 Å². The lowest BCUT2D eigenvalue weighted by molar-refractivity contribution is 0.278. The third kappa shape index (κ3) is 2.60. The molecule has 0 radical (unpaired) electrons.